The molecule has 0 bridgehead atoms. The lowest BCUT2D eigenvalue weighted by atomic mass is 10.1. The quantitative estimate of drug-likeness (QED) is 0.507. The molecule has 0 fully saturated rings. The van der Waals surface area contributed by atoms with Crippen molar-refractivity contribution in [3.05, 3.63) is 40.0 Å². The molecule has 0 radical (unpaired) electrons. The number of anilines is 1. The van der Waals surface area contributed by atoms with Gasteiger partial charge in [-0.1, -0.05) is 0 Å². The van der Waals surface area contributed by atoms with Gasteiger partial charge in [0.05, 0.1) is 0 Å². The van der Waals surface area contributed by atoms with Crippen molar-refractivity contribution in [2.24, 2.45) is 0 Å². The Morgan fingerprint density at radius 1 is 0.933 bits per heavy atom. The van der Waals surface area contributed by atoms with Gasteiger partial charge >= 0.3 is 0 Å². The Kier molecular flexibility index (Phi) is 1.88. The van der Waals surface area contributed by atoms with E-state index < -0.39 is 0 Å². The van der Waals surface area contributed by atoms with E-state index in [-0.39, 0.29) is 0 Å². The van der Waals surface area contributed by atoms with Crippen molar-refractivity contribution in [2.45, 2.75) is 0 Å². The molecule has 1 heterocycles. The summed E-state index contributed by atoms with van der Waals surface area (Å²) >= 11 is 2.27. The van der Waals surface area contributed by atoms with Crippen LogP contribution in [0.3, 0.4) is 0 Å². The fraction of sp³-hybridized carbons (Fsp3) is 0. The van der Waals surface area contributed by atoms with Crippen LogP contribution in [0, 0.1) is 3.57 Å². The second kappa shape index (κ2) is 3.13. The number of halogens is 1. The zero-order valence-corrected chi connectivity index (χ0v) is 9.99. The van der Waals surface area contributed by atoms with Crippen molar-refractivity contribution < 1.29 is 4.42 Å². The molecule has 0 unspecified atom stereocenters. The van der Waals surface area contributed by atoms with Gasteiger partial charge in [0.15, 0.2) is 0 Å². The highest BCUT2D eigenvalue weighted by atomic mass is 127. The van der Waals surface area contributed by atoms with Gasteiger partial charge in [0.1, 0.15) is 11.2 Å². The van der Waals surface area contributed by atoms with E-state index in [1.54, 1.807) is 0 Å². The Balaban J connectivity index is 2.51. The third-order valence-corrected chi connectivity index (χ3v) is 3.13. The van der Waals surface area contributed by atoms with E-state index >= 15 is 0 Å². The molecule has 0 aliphatic heterocycles. The smallest absolute Gasteiger partial charge is 0.137 e. The van der Waals surface area contributed by atoms with Gasteiger partial charge in [-0.15, -0.1) is 0 Å². The Morgan fingerprint density at radius 3 is 2.40 bits per heavy atom. The highest BCUT2D eigenvalue weighted by Gasteiger charge is 2.06. The van der Waals surface area contributed by atoms with E-state index in [2.05, 4.69) is 34.7 Å². The predicted molar refractivity (Wildman–Crippen MR) is 70.8 cm³/mol. The summed E-state index contributed by atoms with van der Waals surface area (Å²) in [5.41, 5.74) is 8.22. The number of benzene rings is 2. The molecule has 0 aliphatic carbocycles. The van der Waals surface area contributed by atoms with Crippen molar-refractivity contribution in [3.63, 3.8) is 0 Å². The zero-order valence-electron chi connectivity index (χ0n) is 7.83. The molecule has 0 amide bonds. The van der Waals surface area contributed by atoms with Gasteiger partial charge in [0.2, 0.25) is 0 Å². The predicted octanol–water partition coefficient (Wildman–Crippen LogP) is 3.77. The lowest BCUT2D eigenvalue weighted by molar-refractivity contribution is 0.669. The molecular formula is C12H8INO. The van der Waals surface area contributed by atoms with Crippen molar-refractivity contribution in [1.29, 1.82) is 0 Å². The third-order valence-electron chi connectivity index (χ3n) is 2.46. The first-order chi connectivity index (χ1) is 7.24. The van der Waals surface area contributed by atoms with Crippen molar-refractivity contribution in [3.8, 4) is 0 Å². The minimum atomic E-state index is 0.733. The normalized spacial score (nSPS) is 11.3. The van der Waals surface area contributed by atoms with Crippen molar-refractivity contribution in [1.82, 2.24) is 0 Å². The van der Waals surface area contributed by atoms with Crippen LogP contribution in [0.2, 0.25) is 0 Å². The Morgan fingerprint density at radius 2 is 1.60 bits per heavy atom. The van der Waals surface area contributed by atoms with Crippen LogP contribution in [0.5, 0.6) is 0 Å². The van der Waals surface area contributed by atoms with E-state index in [1.165, 1.54) is 3.57 Å². The topological polar surface area (TPSA) is 39.2 Å². The first-order valence-corrected chi connectivity index (χ1v) is 5.69. The first kappa shape index (κ1) is 9.03. The molecular weight excluding hydrogens is 301 g/mol. The SMILES string of the molecule is Nc1ccc2c(c1)oc1cc(I)ccc12. The van der Waals surface area contributed by atoms with Gasteiger partial charge in [-0.05, 0) is 52.9 Å². The van der Waals surface area contributed by atoms with E-state index in [4.69, 9.17) is 10.2 Å². The maximum Gasteiger partial charge on any atom is 0.137 e. The molecule has 0 aliphatic rings. The second-order valence-corrected chi connectivity index (χ2v) is 4.74. The fourth-order valence-corrected chi connectivity index (χ4v) is 2.23. The van der Waals surface area contributed by atoms with Crippen LogP contribution in [0.1, 0.15) is 0 Å². The van der Waals surface area contributed by atoms with Crippen LogP contribution in [-0.4, -0.2) is 0 Å². The highest BCUT2D eigenvalue weighted by Crippen LogP contribution is 2.30. The van der Waals surface area contributed by atoms with Gasteiger partial charge < -0.3 is 10.2 Å². The number of nitrogens with two attached hydrogens (primary N) is 1. The van der Waals surface area contributed by atoms with E-state index in [0.29, 0.717) is 0 Å². The average Bonchev–Trinajstić information content (AvgIpc) is 2.53. The van der Waals surface area contributed by atoms with Crippen molar-refractivity contribution >= 4 is 50.2 Å². The summed E-state index contributed by atoms with van der Waals surface area (Å²) in [6.07, 6.45) is 0. The van der Waals surface area contributed by atoms with Crippen LogP contribution >= 0.6 is 22.6 Å². The average molecular weight is 309 g/mol. The molecule has 0 atom stereocenters. The van der Waals surface area contributed by atoms with Crippen LogP contribution in [-0.2, 0) is 0 Å². The minimum Gasteiger partial charge on any atom is -0.456 e. The van der Waals surface area contributed by atoms with E-state index in [1.807, 2.05) is 24.3 Å². The van der Waals surface area contributed by atoms with E-state index in [9.17, 15) is 0 Å². The first-order valence-electron chi connectivity index (χ1n) is 4.61. The summed E-state index contributed by atoms with van der Waals surface area (Å²) in [5, 5.41) is 2.26. The summed E-state index contributed by atoms with van der Waals surface area (Å²) in [6, 6.07) is 12.0. The zero-order chi connectivity index (χ0) is 10.4. The number of hydrogen-bond donors (Lipinski definition) is 1. The molecule has 0 saturated heterocycles. The lowest BCUT2D eigenvalue weighted by Crippen LogP contribution is -1.81. The molecule has 15 heavy (non-hydrogen) atoms. The molecule has 0 saturated carbocycles. The van der Waals surface area contributed by atoms with Crippen LogP contribution < -0.4 is 5.73 Å². The van der Waals surface area contributed by atoms with Gasteiger partial charge in [-0.25, -0.2) is 0 Å². The van der Waals surface area contributed by atoms with Crippen LogP contribution in [0.25, 0.3) is 21.9 Å². The molecule has 74 valence electrons. The second-order valence-electron chi connectivity index (χ2n) is 3.50. The molecule has 3 aromatic rings. The molecule has 2 aromatic carbocycles. The maximum absolute atomic E-state index is 5.73. The van der Waals surface area contributed by atoms with Crippen LogP contribution in [0.4, 0.5) is 5.69 Å². The lowest BCUT2D eigenvalue weighted by Gasteiger charge is -1.91. The summed E-state index contributed by atoms with van der Waals surface area (Å²) in [4.78, 5) is 0. The highest BCUT2D eigenvalue weighted by molar-refractivity contribution is 14.1. The summed E-state index contributed by atoms with van der Waals surface area (Å²) in [7, 11) is 0. The Bertz CT molecular complexity index is 601. The largest absolute Gasteiger partial charge is 0.456 e. The number of fused-ring (bicyclic) bond motifs is 3. The van der Waals surface area contributed by atoms with E-state index in [0.717, 1.165) is 27.6 Å². The number of hydrogen-bond acceptors (Lipinski definition) is 2. The summed E-state index contributed by atoms with van der Waals surface area (Å²) in [6.45, 7) is 0. The minimum absolute atomic E-state index is 0.733. The Labute approximate surface area is 100 Å². The van der Waals surface area contributed by atoms with Crippen LogP contribution in [0.15, 0.2) is 40.8 Å². The monoisotopic (exact) mass is 309 g/mol. The van der Waals surface area contributed by atoms with Gasteiger partial charge in [0.25, 0.3) is 0 Å². The maximum atomic E-state index is 5.73. The fourth-order valence-electron chi connectivity index (χ4n) is 1.77. The molecule has 2 N–H and O–H groups in total. The Hall–Kier alpha value is -1.23. The van der Waals surface area contributed by atoms with Crippen molar-refractivity contribution in [2.75, 3.05) is 5.73 Å². The standard InChI is InChI=1S/C12H8INO/c13-7-1-3-9-10-4-2-8(14)6-12(10)15-11(9)5-7/h1-6H,14H2. The van der Waals surface area contributed by atoms with Gasteiger partial charge in [-0.2, -0.15) is 0 Å². The molecule has 2 nitrogen and oxygen atoms in total. The number of nitrogen functional groups attached to an aromatic ring is 1. The number of furan rings is 1. The third kappa shape index (κ3) is 1.38. The van der Waals surface area contributed by atoms with Gasteiger partial charge in [0, 0.05) is 26.1 Å². The van der Waals surface area contributed by atoms with Gasteiger partial charge in [-0.3, -0.25) is 0 Å². The summed E-state index contributed by atoms with van der Waals surface area (Å²) in [5.74, 6) is 0. The molecule has 3 heteroatoms. The molecule has 3 rings (SSSR count). The summed E-state index contributed by atoms with van der Waals surface area (Å²) < 4.78 is 6.90. The molecule has 0 spiro atoms. The number of rotatable bonds is 0. The molecule has 1 aromatic heterocycles.